The van der Waals surface area contributed by atoms with Gasteiger partial charge in [0.25, 0.3) is 5.91 Å². The maximum atomic E-state index is 12.2. The minimum Gasteiger partial charge on any atom is -0.384 e. The zero-order valence-corrected chi connectivity index (χ0v) is 12.9. The van der Waals surface area contributed by atoms with E-state index in [0.717, 1.165) is 31.7 Å². The third-order valence-corrected chi connectivity index (χ3v) is 3.33. The van der Waals surface area contributed by atoms with Crippen LogP contribution in [0.1, 0.15) is 43.7 Å². The average Bonchev–Trinajstić information content (AvgIpc) is 2.43. The predicted molar refractivity (Wildman–Crippen MR) is 82.7 cm³/mol. The van der Waals surface area contributed by atoms with E-state index >= 15 is 0 Å². The van der Waals surface area contributed by atoms with Crippen LogP contribution in [-0.2, 0) is 6.42 Å². The summed E-state index contributed by atoms with van der Waals surface area (Å²) in [5, 5.41) is 3.01. The van der Waals surface area contributed by atoms with Crippen LogP contribution in [0.3, 0.4) is 0 Å². The number of hydrogen-bond acceptors (Lipinski definition) is 4. The molecule has 112 valence electrons. The van der Waals surface area contributed by atoms with Crippen LogP contribution >= 0.6 is 0 Å². The van der Waals surface area contributed by atoms with Crippen LogP contribution in [-0.4, -0.2) is 41.5 Å². The maximum Gasteiger partial charge on any atom is 0.251 e. The second-order valence-electron chi connectivity index (χ2n) is 4.99. The summed E-state index contributed by atoms with van der Waals surface area (Å²) >= 11 is 0. The van der Waals surface area contributed by atoms with Crippen molar-refractivity contribution >= 4 is 11.7 Å². The predicted octanol–water partition coefficient (Wildman–Crippen LogP) is 1.69. The first-order chi connectivity index (χ1) is 9.49. The van der Waals surface area contributed by atoms with Gasteiger partial charge in [-0.2, -0.15) is 0 Å². The number of hydrogen-bond donors (Lipinski definition) is 2. The number of likely N-dealkylation sites (N-methyl/N-ethyl adjacent to an activating group) is 1. The van der Waals surface area contributed by atoms with E-state index in [4.69, 9.17) is 5.73 Å². The van der Waals surface area contributed by atoms with E-state index in [2.05, 4.69) is 29.0 Å². The molecule has 0 aliphatic heterocycles. The molecule has 0 aliphatic carbocycles. The lowest BCUT2D eigenvalue weighted by Crippen LogP contribution is -2.42. The Morgan fingerprint density at radius 1 is 1.35 bits per heavy atom. The number of aryl methyl sites for hydroxylation is 1. The summed E-state index contributed by atoms with van der Waals surface area (Å²) in [5.74, 6) is 0.305. The summed E-state index contributed by atoms with van der Waals surface area (Å²) in [6, 6.07) is 3.52. The van der Waals surface area contributed by atoms with Crippen molar-refractivity contribution in [3.63, 3.8) is 0 Å². The molecule has 1 unspecified atom stereocenters. The molecule has 1 heterocycles. The third-order valence-electron chi connectivity index (χ3n) is 3.33. The Morgan fingerprint density at radius 3 is 2.55 bits per heavy atom. The van der Waals surface area contributed by atoms with Crippen LogP contribution < -0.4 is 11.1 Å². The van der Waals surface area contributed by atoms with E-state index < -0.39 is 0 Å². The fourth-order valence-corrected chi connectivity index (χ4v) is 2.14. The molecule has 1 aromatic rings. The maximum absolute atomic E-state index is 12.2. The van der Waals surface area contributed by atoms with Crippen LogP contribution in [0.5, 0.6) is 0 Å². The molecule has 0 saturated carbocycles. The molecule has 5 nitrogen and oxygen atoms in total. The van der Waals surface area contributed by atoms with Gasteiger partial charge in [0.15, 0.2) is 0 Å². The number of rotatable bonds is 7. The monoisotopic (exact) mass is 278 g/mol. The van der Waals surface area contributed by atoms with Crippen molar-refractivity contribution < 1.29 is 4.79 Å². The van der Waals surface area contributed by atoms with Gasteiger partial charge >= 0.3 is 0 Å². The SMILES string of the molecule is CCc1cc(C(=O)NC(C)CN(CC)CC)cc(N)n1. The second kappa shape index (κ2) is 7.85. The Labute approximate surface area is 121 Å². The van der Waals surface area contributed by atoms with Crippen molar-refractivity contribution in [2.24, 2.45) is 0 Å². The fraction of sp³-hybridized carbons (Fsp3) is 0.600. The summed E-state index contributed by atoms with van der Waals surface area (Å²) in [5.41, 5.74) is 7.15. The van der Waals surface area contributed by atoms with Gasteiger partial charge < -0.3 is 16.0 Å². The molecule has 20 heavy (non-hydrogen) atoms. The van der Waals surface area contributed by atoms with E-state index in [-0.39, 0.29) is 11.9 Å². The summed E-state index contributed by atoms with van der Waals surface area (Å²) in [7, 11) is 0. The number of carbonyl (C=O) groups is 1. The number of nitrogen functional groups attached to an aromatic ring is 1. The topological polar surface area (TPSA) is 71.2 Å². The standard InChI is InChI=1S/C15H26N4O/c1-5-13-8-12(9-14(16)18-13)15(20)17-11(4)10-19(6-2)7-3/h8-9,11H,5-7,10H2,1-4H3,(H2,16,18)(H,17,20). The van der Waals surface area contributed by atoms with Gasteiger partial charge in [-0.15, -0.1) is 0 Å². The Hall–Kier alpha value is -1.62. The number of nitrogens with one attached hydrogen (secondary N) is 1. The lowest BCUT2D eigenvalue weighted by molar-refractivity contribution is 0.0930. The van der Waals surface area contributed by atoms with Gasteiger partial charge in [0, 0.05) is 23.8 Å². The molecular formula is C15H26N4O. The average molecular weight is 278 g/mol. The Balaban J connectivity index is 2.68. The quantitative estimate of drug-likeness (QED) is 0.796. The van der Waals surface area contributed by atoms with Gasteiger partial charge in [0.2, 0.25) is 0 Å². The molecule has 0 spiro atoms. The second-order valence-corrected chi connectivity index (χ2v) is 4.99. The molecule has 0 fully saturated rings. The Kier molecular flexibility index (Phi) is 6.45. The molecule has 0 saturated heterocycles. The highest BCUT2D eigenvalue weighted by atomic mass is 16.1. The number of anilines is 1. The van der Waals surface area contributed by atoms with E-state index in [0.29, 0.717) is 11.4 Å². The molecule has 5 heteroatoms. The number of pyridine rings is 1. The zero-order chi connectivity index (χ0) is 15.1. The van der Waals surface area contributed by atoms with Crippen LogP contribution in [0.25, 0.3) is 0 Å². The van der Waals surface area contributed by atoms with Crippen LogP contribution in [0.15, 0.2) is 12.1 Å². The van der Waals surface area contributed by atoms with Gasteiger partial charge in [-0.05, 0) is 38.6 Å². The van der Waals surface area contributed by atoms with E-state index in [9.17, 15) is 4.79 Å². The summed E-state index contributed by atoms with van der Waals surface area (Å²) in [6.45, 7) is 11.1. The fourth-order valence-electron chi connectivity index (χ4n) is 2.14. The molecule has 0 radical (unpaired) electrons. The summed E-state index contributed by atoms with van der Waals surface area (Å²) < 4.78 is 0. The van der Waals surface area contributed by atoms with Crippen molar-refractivity contribution in [3.8, 4) is 0 Å². The lowest BCUT2D eigenvalue weighted by Gasteiger charge is -2.23. The molecule has 1 aromatic heterocycles. The van der Waals surface area contributed by atoms with Gasteiger partial charge in [0.1, 0.15) is 5.82 Å². The number of amides is 1. The van der Waals surface area contributed by atoms with Crippen molar-refractivity contribution in [1.29, 1.82) is 0 Å². The van der Waals surface area contributed by atoms with E-state index in [1.54, 1.807) is 12.1 Å². The van der Waals surface area contributed by atoms with Gasteiger partial charge in [0.05, 0.1) is 0 Å². The normalized spacial score (nSPS) is 12.4. The van der Waals surface area contributed by atoms with Crippen LogP contribution in [0.4, 0.5) is 5.82 Å². The molecule has 1 amide bonds. The first-order valence-electron chi connectivity index (χ1n) is 7.29. The highest BCUT2D eigenvalue weighted by Gasteiger charge is 2.13. The van der Waals surface area contributed by atoms with Crippen molar-refractivity contribution in [2.45, 2.75) is 40.2 Å². The van der Waals surface area contributed by atoms with Crippen molar-refractivity contribution in [2.75, 3.05) is 25.4 Å². The first-order valence-corrected chi connectivity index (χ1v) is 7.29. The minimum absolute atomic E-state index is 0.0894. The number of nitrogens with two attached hydrogens (primary N) is 1. The van der Waals surface area contributed by atoms with E-state index in [1.807, 2.05) is 13.8 Å². The first kappa shape index (κ1) is 16.4. The van der Waals surface area contributed by atoms with Crippen molar-refractivity contribution in [1.82, 2.24) is 15.2 Å². The zero-order valence-electron chi connectivity index (χ0n) is 12.9. The van der Waals surface area contributed by atoms with Crippen LogP contribution in [0, 0.1) is 0 Å². The smallest absolute Gasteiger partial charge is 0.251 e. The summed E-state index contributed by atoms with van der Waals surface area (Å²) in [4.78, 5) is 18.7. The number of carbonyl (C=O) groups excluding carboxylic acids is 1. The number of nitrogens with zero attached hydrogens (tertiary/aromatic N) is 2. The van der Waals surface area contributed by atoms with Crippen LogP contribution in [0.2, 0.25) is 0 Å². The van der Waals surface area contributed by atoms with Gasteiger partial charge in [-0.25, -0.2) is 4.98 Å². The summed E-state index contributed by atoms with van der Waals surface area (Å²) in [6.07, 6.45) is 0.764. The molecule has 3 N–H and O–H groups in total. The number of aromatic nitrogens is 1. The molecular weight excluding hydrogens is 252 g/mol. The third kappa shape index (κ3) is 4.81. The molecule has 1 rings (SSSR count). The lowest BCUT2D eigenvalue weighted by atomic mass is 10.1. The molecule has 1 atom stereocenters. The molecule has 0 aliphatic rings. The molecule has 0 aromatic carbocycles. The van der Waals surface area contributed by atoms with E-state index in [1.165, 1.54) is 0 Å². The largest absolute Gasteiger partial charge is 0.384 e. The Morgan fingerprint density at radius 2 is 2.00 bits per heavy atom. The highest BCUT2D eigenvalue weighted by Crippen LogP contribution is 2.09. The molecule has 0 bridgehead atoms. The van der Waals surface area contributed by atoms with Gasteiger partial charge in [-0.3, -0.25) is 4.79 Å². The minimum atomic E-state index is -0.0894. The van der Waals surface area contributed by atoms with Gasteiger partial charge in [-0.1, -0.05) is 20.8 Å². The highest BCUT2D eigenvalue weighted by molar-refractivity contribution is 5.95. The Bertz CT molecular complexity index is 443. The van der Waals surface area contributed by atoms with Crippen molar-refractivity contribution in [3.05, 3.63) is 23.4 Å².